The monoisotopic (exact) mass is 358 g/mol. The van der Waals surface area contributed by atoms with Crippen LogP contribution in [0, 0.1) is 0 Å². The first kappa shape index (κ1) is 17.2. The van der Waals surface area contributed by atoms with E-state index in [0.717, 1.165) is 10.6 Å². The van der Waals surface area contributed by atoms with Crippen LogP contribution in [-0.2, 0) is 4.79 Å². The van der Waals surface area contributed by atoms with Crippen molar-refractivity contribution in [3.63, 3.8) is 0 Å². The minimum Gasteiger partial charge on any atom is -0.493 e. The van der Waals surface area contributed by atoms with Crippen molar-refractivity contribution in [2.45, 2.75) is 5.03 Å². The molecule has 0 fully saturated rings. The van der Waals surface area contributed by atoms with Gasteiger partial charge in [0.15, 0.2) is 11.5 Å². The summed E-state index contributed by atoms with van der Waals surface area (Å²) in [5.74, 6) is 1.54. The Morgan fingerprint density at radius 2 is 2.16 bits per heavy atom. The summed E-state index contributed by atoms with van der Waals surface area (Å²) in [7, 11) is 1.57. The molecule has 1 aliphatic rings. The minimum atomic E-state index is -0.243. The number of hydrogen-bond donors (Lipinski definition) is 1. The van der Waals surface area contributed by atoms with Crippen molar-refractivity contribution in [2.75, 3.05) is 31.9 Å². The molecule has 3 rings (SSSR count). The van der Waals surface area contributed by atoms with Crippen molar-refractivity contribution in [1.29, 1.82) is 0 Å². The number of fused-ring (bicyclic) bond motifs is 1. The first-order valence-electron chi connectivity index (χ1n) is 7.66. The first-order valence-corrected chi connectivity index (χ1v) is 8.89. The SMILES string of the molecule is COc1cc(/C=C/C(=O)Nc2ccc(SC)nc2)cc2c1OCCO2. The van der Waals surface area contributed by atoms with Crippen LogP contribution in [0.25, 0.3) is 6.08 Å². The Morgan fingerprint density at radius 3 is 2.88 bits per heavy atom. The van der Waals surface area contributed by atoms with Gasteiger partial charge in [-0.1, -0.05) is 0 Å². The number of ether oxygens (including phenoxy) is 3. The summed E-state index contributed by atoms with van der Waals surface area (Å²) >= 11 is 1.55. The molecule has 130 valence electrons. The van der Waals surface area contributed by atoms with Crippen molar-refractivity contribution >= 4 is 29.4 Å². The standard InChI is InChI=1S/C18H18N2O4S/c1-22-14-9-12(10-15-18(14)24-8-7-23-15)3-5-16(21)20-13-4-6-17(25-2)19-11-13/h3-6,9-11H,7-8H2,1-2H3,(H,20,21)/b5-3+. The van der Waals surface area contributed by atoms with Crippen LogP contribution >= 0.6 is 11.8 Å². The number of benzene rings is 1. The van der Waals surface area contributed by atoms with Gasteiger partial charge in [-0.05, 0) is 42.2 Å². The average molecular weight is 358 g/mol. The molecule has 1 aromatic carbocycles. The zero-order valence-corrected chi connectivity index (χ0v) is 14.8. The Bertz CT molecular complexity index is 773. The van der Waals surface area contributed by atoms with Gasteiger partial charge in [-0.15, -0.1) is 11.8 Å². The van der Waals surface area contributed by atoms with E-state index in [1.54, 1.807) is 37.2 Å². The highest BCUT2D eigenvalue weighted by Gasteiger charge is 2.17. The third-order valence-electron chi connectivity index (χ3n) is 3.49. The number of carbonyl (C=O) groups excluding carboxylic acids is 1. The zero-order valence-electron chi connectivity index (χ0n) is 13.9. The molecule has 0 atom stereocenters. The van der Waals surface area contributed by atoms with Crippen molar-refractivity contribution in [3.8, 4) is 17.2 Å². The second kappa shape index (κ2) is 7.94. The van der Waals surface area contributed by atoms with Gasteiger partial charge in [0.1, 0.15) is 13.2 Å². The zero-order chi connectivity index (χ0) is 17.6. The van der Waals surface area contributed by atoms with E-state index in [1.807, 2.05) is 24.5 Å². The fourth-order valence-corrected chi connectivity index (χ4v) is 2.68. The highest BCUT2D eigenvalue weighted by Crippen LogP contribution is 2.40. The maximum absolute atomic E-state index is 12.1. The molecular formula is C18H18N2O4S. The number of nitrogens with zero attached hydrogens (tertiary/aromatic N) is 1. The molecule has 2 aromatic rings. The molecule has 2 heterocycles. The van der Waals surface area contributed by atoms with Crippen LogP contribution in [0.2, 0.25) is 0 Å². The van der Waals surface area contributed by atoms with Gasteiger partial charge in [0.25, 0.3) is 0 Å². The maximum Gasteiger partial charge on any atom is 0.248 e. The Balaban J connectivity index is 1.71. The van der Waals surface area contributed by atoms with E-state index in [1.165, 1.54) is 6.08 Å². The van der Waals surface area contributed by atoms with Crippen molar-refractivity contribution in [3.05, 3.63) is 42.1 Å². The van der Waals surface area contributed by atoms with Crippen LogP contribution in [0.15, 0.2) is 41.6 Å². The maximum atomic E-state index is 12.1. The fourth-order valence-electron chi connectivity index (χ4n) is 2.32. The number of pyridine rings is 1. The molecule has 0 radical (unpaired) electrons. The van der Waals surface area contributed by atoms with Crippen LogP contribution in [0.1, 0.15) is 5.56 Å². The molecular weight excluding hydrogens is 340 g/mol. The molecule has 1 N–H and O–H groups in total. The van der Waals surface area contributed by atoms with Crippen LogP contribution in [0.4, 0.5) is 5.69 Å². The average Bonchev–Trinajstić information content (AvgIpc) is 2.66. The Kier molecular flexibility index (Phi) is 5.45. The molecule has 1 aliphatic heterocycles. The topological polar surface area (TPSA) is 69.7 Å². The van der Waals surface area contributed by atoms with Crippen molar-refractivity contribution < 1.29 is 19.0 Å². The van der Waals surface area contributed by atoms with E-state index in [0.29, 0.717) is 36.1 Å². The Hall–Kier alpha value is -2.67. The number of anilines is 1. The van der Waals surface area contributed by atoms with Crippen molar-refractivity contribution in [2.24, 2.45) is 0 Å². The molecule has 0 aliphatic carbocycles. The molecule has 0 unspecified atom stereocenters. The summed E-state index contributed by atoms with van der Waals surface area (Å²) in [6.07, 6.45) is 6.72. The van der Waals surface area contributed by atoms with Gasteiger partial charge in [-0.2, -0.15) is 0 Å². The van der Waals surface area contributed by atoms with Gasteiger partial charge in [0.05, 0.1) is 24.0 Å². The lowest BCUT2D eigenvalue weighted by Gasteiger charge is -2.20. The third kappa shape index (κ3) is 4.24. The highest BCUT2D eigenvalue weighted by molar-refractivity contribution is 7.98. The van der Waals surface area contributed by atoms with E-state index in [-0.39, 0.29) is 5.91 Å². The van der Waals surface area contributed by atoms with E-state index < -0.39 is 0 Å². The quantitative estimate of drug-likeness (QED) is 0.654. The molecule has 0 saturated heterocycles. The lowest BCUT2D eigenvalue weighted by Crippen LogP contribution is -2.16. The predicted octanol–water partition coefficient (Wildman–Crippen LogP) is 3.24. The van der Waals surface area contributed by atoms with Gasteiger partial charge in [0.2, 0.25) is 11.7 Å². The number of rotatable bonds is 5. The second-order valence-corrected chi connectivity index (χ2v) is 5.99. The fraction of sp³-hybridized carbons (Fsp3) is 0.222. The number of nitrogens with one attached hydrogen (secondary N) is 1. The lowest BCUT2D eigenvalue weighted by molar-refractivity contribution is -0.111. The van der Waals surface area contributed by atoms with Crippen LogP contribution in [-0.4, -0.2) is 37.5 Å². The predicted molar refractivity (Wildman–Crippen MR) is 97.7 cm³/mol. The summed E-state index contributed by atoms with van der Waals surface area (Å²) in [4.78, 5) is 16.3. The molecule has 0 bridgehead atoms. The number of hydrogen-bond acceptors (Lipinski definition) is 6. The molecule has 1 amide bonds. The number of aromatic nitrogens is 1. The van der Waals surface area contributed by atoms with Gasteiger partial charge in [-0.3, -0.25) is 4.79 Å². The first-order chi connectivity index (χ1) is 12.2. The normalized spacial score (nSPS) is 12.9. The number of carbonyl (C=O) groups is 1. The largest absolute Gasteiger partial charge is 0.493 e. The summed E-state index contributed by atoms with van der Waals surface area (Å²) in [6.45, 7) is 0.979. The summed E-state index contributed by atoms with van der Waals surface area (Å²) in [6, 6.07) is 7.29. The Morgan fingerprint density at radius 1 is 1.32 bits per heavy atom. The number of amides is 1. The van der Waals surface area contributed by atoms with Gasteiger partial charge in [0, 0.05) is 6.08 Å². The molecule has 25 heavy (non-hydrogen) atoms. The molecule has 6 nitrogen and oxygen atoms in total. The summed E-state index contributed by atoms with van der Waals surface area (Å²) in [5.41, 5.74) is 1.43. The van der Waals surface area contributed by atoms with Gasteiger partial charge >= 0.3 is 0 Å². The van der Waals surface area contributed by atoms with Crippen molar-refractivity contribution in [1.82, 2.24) is 4.98 Å². The van der Waals surface area contributed by atoms with E-state index in [2.05, 4.69) is 10.3 Å². The number of methoxy groups -OCH3 is 1. The van der Waals surface area contributed by atoms with E-state index in [4.69, 9.17) is 14.2 Å². The molecule has 0 spiro atoms. The highest BCUT2D eigenvalue weighted by atomic mass is 32.2. The van der Waals surface area contributed by atoms with Crippen LogP contribution in [0.3, 0.4) is 0 Å². The van der Waals surface area contributed by atoms with Gasteiger partial charge < -0.3 is 19.5 Å². The third-order valence-corrected chi connectivity index (χ3v) is 4.15. The lowest BCUT2D eigenvalue weighted by atomic mass is 10.1. The smallest absolute Gasteiger partial charge is 0.248 e. The van der Waals surface area contributed by atoms with E-state index >= 15 is 0 Å². The van der Waals surface area contributed by atoms with Crippen LogP contribution in [0.5, 0.6) is 17.2 Å². The summed E-state index contributed by atoms with van der Waals surface area (Å²) < 4.78 is 16.5. The molecule has 0 saturated carbocycles. The molecule has 7 heteroatoms. The summed E-state index contributed by atoms with van der Waals surface area (Å²) in [5, 5.41) is 3.67. The second-order valence-electron chi connectivity index (χ2n) is 5.16. The van der Waals surface area contributed by atoms with E-state index in [9.17, 15) is 4.79 Å². The number of thioether (sulfide) groups is 1. The molecule has 1 aromatic heterocycles. The van der Waals surface area contributed by atoms with Crippen LogP contribution < -0.4 is 19.5 Å². The Labute approximate surface area is 150 Å². The minimum absolute atomic E-state index is 0.243. The van der Waals surface area contributed by atoms with Gasteiger partial charge in [-0.25, -0.2) is 4.98 Å².